The van der Waals surface area contributed by atoms with Gasteiger partial charge in [0.2, 0.25) is 5.89 Å². The summed E-state index contributed by atoms with van der Waals surface area (Å²) in [5, 5.41) is 13.1. The van der Waals surface area contributed by atoms with Gasteiger partial charge in [-0.2, -0.15) is 10.2 Å². The van der Waals surface area contributed by atoms with E-state index in [0.717, 1.165) is 50.7 Å². The second-order valence-corrected chi connectivity index (χ2v) is 6.01. The molecule has 0 N–H and O–H groups in total. The molecule has 126 valence electrons. The van der Waals surface area contributed by atoms with Crippen LogP contribution in [0.15, 0.2) is 22.9 Å². The second-order valence-electron chi connectivity index (χ2n) is 6.01. The third-order valence-corrected chi connectivity index (χ3v) is 4.38. The Morgan fingerprint density at radius 3 is 2.83 bits per heavy atom. The molecule has 7 heteroatoms. The largest absolute Gasteiger partial charge is 0.354 e. The Balaban J connectivity index is 1.60. The van der Waals surface area contributed by atoms with Gasteiger partial charge in [0, 0.05) is 38.8 Å². The molecule has 1 atom stereocenters. The Kier molecular flexibility index (Phi) is 5.06. The Labute approximate surface area is 141 Å². The molecule has 1 saturated heterocycles. The maximum absolute atomic E-state index is 9.01. The van der Waals surface area contributed by atoms with Gasteiger partial charge in [-0.3, -0.25) is 4.90 Å². The summed E-state index contributed by atoms with van der Waals surface area (Å²) in [6.45, 7) is 7.72. The van der Waals surface area contributed by atoms with Gasteiger partial charge < -0.3 is 9.42 Å². The molecule has 24 heavy (non-hydrogen) atoms. The number of aromatic nitrogens is 3. The zero-order valence-corrected chi connectivity index (χ0v) is 14.1. The van der Waals surface area contributed by atoms with E-state index in [1.807, 2.05) is 6.07 Å². The van der Waals surface area contributed by atoms with Crippen molar-refractivity contribution in [2.24, 2.45) is 0 Å². The van der Waals surface area contributed by atoms with E-state index in [1.54, 1.807) is 12.3 Å². The summed E-state index contributed by atoms with van der Waals surface area (Å²) >= 11 is 0. The molecule has 0 radical (unpaired) electrons. The highest BCUT2D eigenvalue weighted by molar-refractivity contribution is 5.45. The summed E-state index contributed by atoms with van der Waals surface area (Å²) in [7, 11) is 0. The van der Waals surface area contributed by atoms with E-state index in [-0.39, 0.29) is 6.04 Å². The SMILES string of the molecule is CCCc1noc([C@@H](C)N2CCN(c3cc(C#N)ccn3)CC2)n1. The van der Waals surface area contributed by atoms with Crippen LogP contribution in [0.4, 0.5) is 5.82 Å². The average Bonchev–Trinajstić information content (AvgIpc) is 3.10. The molecular formula is C17H22N6O. The van der Waals surface area contributed by atoms with Gasteiger partial charge in [0.1, 0.15) is 5.82 Å². The number of pyridine rings is 1. The lowest BCUT2D eigenvalue weighted by Gasteiger charge is -2.37. The Morgan fingerprint density at radius 1 is 1.33 bits per heavy atom. The van der Waals surface area contributed by atoms with Gasteiger partial charge in [0.05, 0.1) is 17.7 Å². The Hall–Kier alpha value is -2.46. The molecule has 0 aliphatic carbocycles. The number of aryl methyl sites for hydroxylation is 1. The van der Waals surface area contributed by atoms with E-state index in [2.05, 4.69) is 44.8 Å². The molecule has 2 aromatic rings. The quantitative estimate of drug-likeness (QED) is 0.832. The third-order valence-electron chi connectivity index (χ3n) is 4.38. The summed E-state index contributed by atoms with van der Waals surface area (Å²) in [5.74, 6) is 2.34. The first-order valence-corrected chi connectivity index (χ1v) is 8.39. The van der Waals surface area contributed by atoms with Crippen LogP contribution in [0.25, 0.3) is 0 Å². The van der Waals surface area contributed by atoms with Crippen LogP contribution in [0.1, 0.15) is 43.6 Å². The Morgan fingerprint density at radius 2 is 2.12 bits per heavy atom. The van der Waals surface area contributed by atoms with E-state index < -0.39 is 0 Å². The number of piperazine rings is 1. The van der Waals surface area contributed by atoms with Gasteiger partial charge in [-0.25, -0.2) is 4.98 Å². The van der Waals surface area contributed by atoms with Crippen LogP contribution in [0, 0.1) is 11.3 Å². The molecule has 2 aromatic heterocycles. The predicted molar refractivity (Wildman–Crippen MR) is 89.4 cm³/mol. The van der Waals surface area contributed by atoms with E-state index in [4.69, 9.17) is 9.78 Å². The molecule has 0 amide bonds. The van der Waals surface area contributed by atoms with Crippen molar-refractivity contribution < 1.29 is 4.52 Å². The number of hydrogen-bond acceptors (Lipinski definition) is 7. The van der Waals surface area contributed by atoms with Gasteiger partial charge in [-0.15, -0.1) is 0 Å². The summed E-state index contributed by atoms with van der Waals surface area (Å²) in [6, 6.07) is 5.85. The van der Waals surface area contributed by atoms with Crippen LogP contribution in [0.3, 0.4) is 0 Å². The van der Waals surface area contributed by atoms with Crippen molar-refractivity contribution in [1.82, 2.24) is 20.0 Å². The van der Waals surface area contributed by atoms with Crippen molar-refractivity contribution in [2.45, 2.75) is 32.7 Å². The second kappa shape index (κ2) is 7.41. The van der Waals surface area contributed by atoms with Gasteiger partial charge in [-0.05, 0) is 25.5 Å². The lowest BCUT2D eigenvalue weighted by atomic mass is 10.2. The lowest BCUT2D eigenvalue weighted by Crippen LogP contribution is -2.47. The molecule has 0 aromatic carbocycles. The summed E-state index contributed by atoms with van der Waals surface area (Å²) in [5.41, 5.74) is 0.644. The first kappa shape index (κ1) is 16.4. The molecule has 7 nitrogen and oxygen atoms in total. The molecule has 0 spiro atoms. The topological polar surface area (TPSA) is 82.1 Å². The zero-order chi connectivity index (χ0) is 16.9. The minimum Gasteiger partial charge on any atom is -0.354 e. The van der Waals surface area contributed by atoms with Gasteiger partial charge >= 0.3 is 0 Å². The highest BCUT2D eigenvalue weighted by Crippen LogP contribution is 2.22. The van der Waals surface area contributed by atoms with E-state index in [1.165, 1.54) is 0 Å². The fourth-order valence-electron chi connectivity index (χ4n) is 2.92. The predicted octanol–water partition coefficient (Wildman–Crippen LogP) is 2.17. The molecule has 1 aliphatic rings. The highest BCUT2D eigenvalue weighted by Gasteiger charge is 2.26. The van der Waals surface area contributed by atoms with E-state index in [0.29, 0.717) is 11.5 Å². The normalized spacial score (nSPS) is 16.8. The van der Waals surface area contributed by atoms with Crippen LogP contribution in [-0.4, -0.2) is 46.2 Å². The molecule has 0 saturated carbocycles. The third kappa shape index (κ3) is 3.54. The first-order chi connectivity index (χ1) is 11.7. The number of nitrogens with zero attached hydrogens (tertiary/aromatic N) is 6. The van der Waals surface area contributed by atoms with E-state index in [9.17, 15) is 0 Å². The molecule has 1 aliphatic heterocycles. The maximum Gasteiger partial charge on any atom is 0.243 e. The van der Waals surface area contributed by atoms with Crippen LogP contribution >= 0.6 is 0 Å². The van der Waals surface area contributed by atoms with Crippen molar-refractivity contribution >= 4 is 5.82 Å². The average molecular weight is 326 g/mol. The fraction of sp³-hybridized carbons (Fsp3) is 0.529. The number of hydrogen-bond donors (Lipinski definition) is 0. The number of anilines is 1. The maximum atomic E-state index is 9.01. The summed E-state index contributed by atoms with van der Waals surface area (Å²) < 4.78 is 5.41. The van der Waals surface area contributed by atoms with Crippen molar-refractivity contribution in [1.29, 1.82) is 5.26 Å². The zero-order valence-electron chi connectivity index (χ0n) is 14.1. The lowest BCUT2D eigenvalue weighted by molar-refractivity contribution is 0.164. The smallest absolute Gasteiger partial charge is 0.243 e. The van der Waals surface area contributed by atoms with Gasteiger partial charge in [-0.1, -0.05) is 12.1 Å². The monoisotopic (exact) mass is 326 g/mol. The van der Waals surface area contributed by atoms with Crippen LogP contribution < -0.4 is 4.90 Å². The van der Waals surface area contributed by atoms with Crippen LogP contribution in [0.5, 0.6) is 0 Å². The van der Waals surface area contributed by atoms with Crippen LogP contribution in [-0.2, 0) is 6.42 Å². The molecule has 3 rings (SSSR count). The number of nitriles is 1. The standard InChI is InChI=1S/C17H22N6O/c1-3-4-15-20-17(24-21-15)13(2)22-7-9-23(10-8-22)16-11-14(12-18)5-6-19-16/h5-6,11,13H,3-4,7-10H2,1-2H3/t13-/m1/s1. The van der Waals surface area contributed by atoms with Crippen molar-refractivity contribution in [3.05, 3.63) is 35.6 Å². The molecule has 0 bridgehead atoms. The molecule has 1 fully saturated rings. The van der Waals surface area contributed by atoms with Gasteiger partial charge in [0.25, 0.3) is 0 Å². The van der Waals surface area contributed by atoms with E-state index >= 15 is 0 Å². The van der Waals surface area contributed by atoms with Crippen LogP contribution in [0.2, 0.25) is 0 Å². The molecular weight excluding hydrogens is 304 g/mol. The molecule has 3 heterocycles. The van der Waals surface area contributed by atoms with Gasteiger partial charge in [0.15, 0.2) is 5.82 Å². The molecule has 0 unspecified atom stereocenters. The highest BCUT2D eigenvalue weighted by atomic mass is 16.5. The van der Waals surface area contributed by atoms with Crippen molar-refractivity contribution in [2.75, 3.05) is 31.1 Å². The summed E-state index contributed by atoms with van der Waals surface area (Å²) in [6.07, 6.45) is 3.56. The first-order valence-electron chi connectivity index (χ1n) is 8.39. The number of rotatable bonds is 5. The van der Waals surface area contributed by atoms with Crippen molar-refractivity contribution in [3.63, 3.8) is 0 Å². The fourth-order valence-corrected chi connectivity index (χ4v) is 2.92. The van der Waals surface area contributed by atoms with Crippen molar-refractivity contribution in [3.8, 4) is 6.07 Å². The minimum absolute atomic E-state index is 0.114. The minimum atomic E-state index is 0.114. The summed E-state index contributed by atoms with van der Waals surface area (Å²) in [4.78, 5) is 13.4. The Bertz CT molecular complexity index is 714.